The molecule has 0 atom stereocenters. The van der Waals surface area contributed by atoms with Crippen LogP contribution in [-0.2, 0) is 20.5 Å². The highest BCUT2D eigenvalue weighted by molar-refractivity contribution is 6.10. The Bertz CT molecular complexity index is 823. The Balaban J connectivity index is 1.74. The van der Waals surface area contributed by atoms with Crippen molar-refractivity contribution in [2.24, 2.45) is 0 Å². The van der Waals surface area contributed by atoms with E-state index in [-0.39, 0.29) is 24.7 Å². The van der Waals surface area contributed by atoms with Gasteiger partial charge in [-0.2, -0.15) is 13.2 Å². The van der Waals surface area contributed by atoms with Crippen molar-refractivity contribution in [2.45, 2.75) is 31.0 Å². The summed E-state index contributed by atoms with van der Waals surface area (Å²) in [5.74, 6) is -1.30. The third-order valence-corrected chi connectivity index (χ3v) is 4.88. The molecule has 1 spiro atoms. The molecule has 0 radical (unpaired) electrons. The van der Waals surface area contributed by atoms with Crippen molar-refractivity contribution in [1.82, 2.24) is 10.2 Å². The van der Waals surface area contributed by atoms with E-state index in [2.05, 4.69) is 10.6 Å². The number of carbonyl (C=O) groups excluding carboxylic acids is 3. The first-order valence-electron chi connectivity index (χ1n) is 8.93. The molecule has 1 heterocycles. The molecule has 8 nitrogen and oxygen atoms in total. The Morgan fingerprint density at radius 1 is 1.28 bits per heavy atom. The number of ether oxygens (including phenoxy) is 2. The summed E-state index contributed by atoms with van der Waals surface area (Å²) in [5.41, 5.74) is -2.14. The van der Waals surface area contributed by atoms with Crippen LogP contribution in [-0.4, -0.2) is 55.2 Å². The largest absolute Gasteiger partial charge is 0.489 e. The summed E-state index contributed by atoms with van der Waals surface area (Å²) in [6, 6.07) is 1.96. The number of urea groups is 1. The molecule has 1 aliphatic carbocycles. The van der Waals surface area contributed by atoms with Crippen molar-refractivity contribution in [2.75, 3.05) is 32.2 Å². The molecule has 1 aromatic carbocycles. The number of hydrogen-bond donors (Lipinski definition) is 2. The van der Waals surface area contributed by atoms with Crippen LogP contribution in [0.4, 0.5) is 23.7 Å². The molecule has 29 heavy (non-hydrogen) atoms. The van der Waals surface area contributed by atoms with Gasteiger partial charge in [-0.1, -0.05) is 0 Å². The number of halogens is 3. The van der Waals surface area contributed by atoms with Gasteiger partial charge in [0.05, 0.1) is 17.9 Å². The molecule has 1 saturated carbocycles. The van der Waals surface area contributed by atoms with E-state index in [1.165, 1.54) is 7.11 Å². The SMILES string of the molecule is COCCOc1ccc(C(F)(F)F)cc1NC(=O)CN1C(=O)NC2(CCC2)C1=O. The van der Waals surface area contributed by atoms with Gasteiger partial charge in [-0.3, -0.25) is 14.5 Å². The van der Waals surface area contributed by atoms with E-state index in [1.54, 1.807) is 0 Å². The number of hydrogen-bond acceptors (Lipinski definition) is 5. The Morgan fingerprint density at radius 3 is 2.55 bits per heavy atom. The first-order valence-corrected chi connectivity index (χ1v) is 8.93. The van der Waals surface area contributed by atoms with Crippen LogP contribution in [0.2, 0.25) is 0 Å². The second-order valence-electron chi connectivity index (χ2n) is 6.86. The smallest absolute Gasteiger partial charge is 0.416 e. The Hall–Kier alpha value is -2.82. The van der Waals surface area contributed by atoms with Crippen molar-refractivity contribution >= 4 is 23.5 Å². The minimum absolute atomic E-state index is 0.0102. The number of alkyl halides is 3. The van der Waals surface area contributed by atoms with Gasteiger partial charge in [-0.25, -0.2) is 4.79 Å². The Morgan fingerprint density at radius 2 is 2.00 bits per heavy atom. The quantitative estimate of drug-likeness (QED) is 0.526. The number of nitrogens with zero attached hydrogens (tertiary/aromatic N) is 1. The highest BCUT2D eigenvalue weighted by atomic mass is 19.4. The number of methoxy groups -OCH3 is 1. The van der Waals surface area contributed by atoms with Crippen LogP contribution in [0.1, 0.15) is 24.8 Å². The van der Waals surface area contributed by atoms with Gasteiger partial charge in [0, 0.05) is 7.11 Å². The van der Waals surface area contributed by atoms with Crippen LogP contribution in [0.3, 0.4) is 0 Å². The van der Waals surface area contributed by atoms with Crippen LogP contribution < -0.4 is 15.4 Å². The standard InChI is InChI=1S/C18H20F3N3O5/c1-28-7-8-29-13-4-3-11(18(19,20)21)9-12(13)22-14(25)10-24-15(26)17(5-2-6-17)23-16(24)27/h3-4,9H,2,5-8,10H2,1H3,(H,22,25)(H,23,27). The number of imide groups is 1. The lowest BCUT2D eigenvalue weighted by atomic mass is 9.77. The summed E-state index contributed by atoms with van der Waals surface area (Å²) in [6.45, 7) is -0.362. The number of nitrogens with one attached hydrogen (secondary N) is 2. The number of benzene rings is 1. The van der Waals surface area contributed by atoms with Crippen molar-refractivity contribution in [3.63, 3.8) is 0 Å². The molecule has 1 aliphatic heterocycles. The molecule has 2 aliphatic rings. The van der Waals surface area contributed by atoms with Crippen LogP contribution >= 0.6 is 0 Å². The average molecular weight is 415 g/mol. The summed E-state index contributed by atoms with van der Waals surface area (Å²) in [4.78, 5) is 37.6. The number of carbonyl (C=O) groups is 3. The van der Waals surface area contributed by atoms with E-state index in [0.29, 0.717) is 12.8 Å². The van der Waals surface area contributed by atoms with E-state index < -0.39 is 41.7 Å². The number of amides is 4. The van der Waals surface area contributed by atoms with Crippen molar-refractivity contribution in [1.29, 1.82) is 0 Å². The molecule has 1 aromatic rings. The predicted octanol–water partition coefficient (Wildman–Crippen LogP) is 2.14. The van der Waals surface area contributed by atoms with Crippen molar-refractivity contribution in [3.8, 4) is 5.75 Å². The van der Waals surface area contributed by atoms with Gasteiger partial charge in [-0.05, 0) is 37.5 Å². The second-order valence-corrected chi connectivity index (χ2v) is 6.86. The number of anilines is 1. The summed E-state index contributed by atoms with van der Waals surface area (Å²) >= 11 is 0. The predicted molar refractivity (Wildman–Crippen MR) is 94.3 cm³/mol. The highest BCUT2D eigenvalue weighted by Gasteiger charge is 2.54. The molecule has 0 unspecified atom stereocenters. The fourth-order valence-electron chi connectivity index (χ4n) is 3.19. The van der Waals surface area contributed by atoms with Gasteiger partial charge in [0.2, 0.25) is 5.91 Å². The third-order valence-electron chi connectivity index (χ3n) is 4.88. The first-order chi connectivity index (χ1) is 13.7. The fourth-order valence-corrected chi connectivity index (χ4v) is 3.19. The molecule has 2 N–H and O–H groups in total. The molecule has 0 aromatic heterocycles. The summed E-state index contributed by atoms with van der Waals surface area (Å²) in [6.07, 6.45) is -2.83. The van der Waals surface area contributed by atoms with Crippen molar-refractivity contribution < 1.29 is 37.0 Å². The fraction of sp³-hybridized carbons (Fsp3) is 0.500. The molecule has 11 heteroatoms. The highest BCUT2D eigenvalue weighted by Crippen LogP contribution is 2.37. The topological polar surface area (TPSA) is 97.0 Å². The lowest BCUT2D eigenvalue weighted by Crippen LogP contribution is -2.52. The molecular weight excluding hydrogens is 395 g/mol. The second kappa shape index (κ2) is 7.90. The Labute approximate surface area is 164 Å². The van der Waals surface area contributed by atoms with E-state index >= 15 is 0 Å². The van der Waals surface area contributed by atoms with Gasteiger partial charge in [0.1, 0.15) is 24.4 Å². The zero-order valence-electron chi connectivity index (χ0n) is 15.6. The van der Waals surface area contributed by atoms with Crippen LogP contribution in [0.5, 0.6) is 5.75 Å². The minimum atomic E-state index is -4.62. The zero-order chi connectivity index (χ0) is 21.2. The molecular formula is C18H20F3N3O5. The van der Waals surface area contributed by atoms with Gasteiger partial charge in [0.15, 0.2) is 0 Å². The maximum Gasteiger partial charge on any atom is 0.416 e. The van der Waals surface area contributed by atoms with Crippen LogP contribution in [0.15, 0.2) is 18.2 Å². The lowest BCUT2D eigenvalue weighted by Gasteiger charge is -2.34. The molecule has 158 valence electrons. The maximum atomic E-state index is 13.0. The van der Waals surface area contributed by atoms with Gasteiger partial charge in [0.25, 0.3) is 5.91 Å². The lowest BCUT2D eigenvalue weighted by molar-refractivity contribution is -0.137. The molecule has 1 saturated heterocycles. The number of rotatable bonds is 7. The van der Waals surface area contributed by atoms with Crippen molar-refractivity contribution in [3.05, 3.63) is 23.8 Å². The van der Waals surface area contributed by atoms with Crippen LogP contribution in [0, 0.1) is 0 Å². The third kappa shape index (κ3) is 4.29. The van der Waals surface area contributed by atoms with E-state index in [1.807, 2.05) is 0 Å². The Kier molecular flexibility index (Phi) is 5.69. The summed E-state index contributed by atoms with van der Waals surface area (Å²) in [5, 5.41) is 4.88. The average Bonchev–Trinajstić information content (AvgIpc) is 2.87. The first kappa shape index (κ1) is 20.9. The van der Waals surface area contributed by atoms with E-state index in [9.17, 15) is 27.6 Å². The minimum Gasteiger partial charge on any atom is -0.489 e. The maximum absolute atomic E-state index is 13.0. The van der Waals surface area contributed by atoms with Gasteiger partial charge >= 0.3 is 12.2 Å². The molecule has 2 fully saturated rings. The van der Waals surface area contributed by atoms with E-state index in [0.717, 1.165) is 29.5 Å². The molecule has 4 amide bonds. The molecule has 0 bridgehead atoms. The monoisotopic (exact) mass is 415 g/mol. The van der Waals surface area contributed by atoms with Gasteiger partial charge < -0.3 is 20.1 Å². The normalized spacial score (nSPS) is 17.9. The summed E-state index contributed by atoms with van der Waals surface area (Å²) in [7, 11) is 1.44. The van der Waals surface area contributed by atoms with Crippen LogP contribution in [0.25, 0.3) is 0 Å². The molecule has 3 rings (SSSR count). The zero-order valence-corrected chi connectivity index (χ0v) is 15.6. The van der Waals surface area contributed by atoms with E-state index in [4.69, 9.17) is 9.47 Å². The summed E-state index contributed by atoms with van der Waals surface area (Å²) < 4.78 is 49.3. The van der Waals surface area contributed by atoms with Gasteiger partial charge in [-0.15, -0.1) is 0 Å².